The fourth-order valence-corrected chi connectivity index (χ4v) is 2.30. The van der Waals surface area contributed by atoms with Gasteiger partial charge in [-0.3, -0.25) is 0 Å². The van der Waals surface area contributed by atoms with E-state index in [1.807, 2.05) is 0 Å². The highest BCUT2D eigenvalue weighted by Crippen LogP contribution is 2.24. The Morgan fingerprint density at radius 1 is 0.889 bits per heavy atom. The lowest BCUT2D eigenvalue weighted by atomic mass is 9.85. The molecule has 0 spiro atoms. The van der Waals surface area contributed by atoms with E-state index in [4.69, 9.17) is 4.74 Å². The molecule has 0 aromatic carbocycles. The minimum Gasteiger partial charge on any atom is -0.396 e. The molecule has 0 amide bonds. The molecule has 1 aliphatic heterocycles. The van der Waals surface area contributed by atoms with E-state index in [-0.39, 0.29) is 19.8 Å². The van der Waals surface area contributed by atoms with Crippen LogP contribution >= 0.6 is 0 Å². The van der Waals surface area contributed by atoms with E-state index < -0.39 is 5.41 Å². The van der Waals surface area contributed by atoms with Crippen molar-refractivity contribution in [1.29, 1.82) is 0 Å². The van der Waals surface area contributed by atoms with Gasteiger partial charge in [-0.25, -0.2) is 0 Å². The number of unbranched alkanes of at least 4 members (excludes halogenated alkanes) is 4. The summed E-state index contributed by atoms with van der Waals surface area (Å²) in [7, 11) is 0. The molecule has 1 rings (SSSR count). The first-order valence-electron chi connectivity index (χ1n) is 7.20. The molecule has 18 heavy (non-hydrogen) atoms. The molecule has 4 heteroatoms. The zero-order valence-corrected chi connectivity index (χ0v) is 11.3. The van der Waals surface area contributed by atoms with E-state index in [1.54, 1.807) is 0 Å². The van der Waals surface area contributed by atoms with Gasteiger partial charge < -0.3 is 20.1 Å². The van der Waals surface area contributed by atoms with E-state index >= 15 is 0 Å². The quantitative estimate of drug-likeness (QED) is 0.492. The minimum atomic E-state index is -0.681. The first-order valence-corrected chi connectivity index (χ1v) is 7.20. The number of aliphatic hydroxyl groups is 3. The number of ether oxygens (including phenoxy) is 1. The molecule has 0 saturated carbocycles. The van der Waals surface area contributed by atoms with Crippen molar-refractivity contribution in [3.8, 4) is 0 Å². The van der Waals surface area contributed by atoms with Crippen molar-refractivity contribution in [2.75, 3.05) is 26.4 Å². The second-order valence-electron chi connectivity index (χ2n) is 5.56. The molecular formula is C14H28O4. The molecule has 1 saturated heterocycles. The maximum atomic E-state index is 9.18. The largest absolute Gasteiger partial charge is 0.396 e. The van der Waals surface area contributed by atoms with Gasteiger partial charge >= 0.3 is 0 Å². The Morgan fingerprint density at radius 2 is 1.44 bits per heavy atom. The molecule has 1 unspecified atom stereocenters. The van der Waals surface area contributed by atoms with Crippen LogP contribution in [0.15, 0.2) is 0 Å². The molecule has 1 atom stereocenters. The van der Waals surface area contributed by atoms with Crippen molar-refractivity contribution < 1.29 is 20.1 Å². The van der Waals surface area contributed by atoms with Gasteiger partial charge in [-0.15, -0.1) is 0 Å². The molecule has 1 aliphatic rings. The Labute approximate surface area is 110 Å². The van der Waals surface area contributed by atoms with Gasteiger partial charge in [0.2, 0.25) is 0 Å². The number of aliphatic hydroxyl groups excluding tert-OH is 3. The maximum absolute atomic E-state index is 9.18. The van der Waals surface area contributed by atoms with Crippen molar-refractivity contribution in [3.05, 3.63) is 0 Å². The number of hydrogen-bond donors (Lipinski definition) is 3. The zero-order valence-electron chi connectivity index (χ0n) is 11.3. The van der Waals surface area contributed by atoms with E-state index in [0.717, 1.165) is 19.4 Å². The lowest BCUT2D eigenvalue weighted by Crippen LogP contribution is -2.33. The first-order chi connectivity index (χ1) is 8.76. The summed E-state index contributed by atoms with van der Waals surface area (Å²) in [6.07, 6.45) is 9.35. The van der Waals surface area contributed by atoms with Crippen molar-refractivity contribution in [2.45, 2.75) is 57.5 Å². The van der Waals surface area contributed by atoms with E-state index in [0.29, 0.717) is 12.5 Å². The van der Waals surface area contributed by atoms with Gasteiger partial charge in [-0.2, -0.15) is 0 Å². The molecule has 108 valence electrons. The highest BCUT2D eigenvalue weighted by Gasteiger charge is 2.27. The summed E-state index contributed by atoms with van der Waals surface area (Å²) in [4.78, 5) is 0. The molecule has 0 aromatic heterocycles. The summed E-state index contributed by atoms with van der Waals surface area (Å²) in [5.41, 5.74) is -0.681. The first kappa shape index (κ1) is 15.9. The lowest BCUT2D eigenvalue weighted by Gasteiger charge is -2.27. The van der Waals surface area contributed by atoms with Gasteiger partial charge in [0.15, 0.2) is 0 Å². The number of rotatable bonds is 11. The van der Waals surface area contributed by atoms with E-state index in [2.05, 4.69) is 0 Å². The van der Waals surface area contributed by atoms with Crippen LogP contribution in [0.3, 0.4) is 0 Å². The van der Waals surface area contributed by atoms with Gasteiger partial charge in [-0.1, -0.05) is 32.1 Å². The Kier molecular flexibility index (Phi) is 7.82. The molecule has 0 radical (unpaired) electrons. The van der Waals surface area contributed by atoms with Crippen LogP contribution in [0.25, 0.3) is 0 Å². The highest BCUT2D eigenvalue weighted by molar-refractivity contribution is 4.76. The third-order valence-electron chi connectivity index (χ3n) is 4.03. The number of hydrogen-bond acceptors (Lipinski definition) is 4. The van der Waals surface area contributed by atoms with Crippen LogP contribution in [0.1, 0.15) is 51.4 Å². The van der Waals surface area contributed by atoms with Gasteiger partial charge in [0.05, 0.1) is 25.9 Å². The van der Waals surface area contributed by atoms with Crippen molar-refractivity contribution in [1.82, 2.24) is 0 Å². The lowest BCUT2D eigenvalue weighted by molar-refractivity contribution is -0.0556. The Bertz CT molecular complexity index is 192. The van der Waals surface area contributed by atoms with Gasteiger partial charge in [0.25, 0.3) is 0 Å². The van der Waals surface area contributed by atoms with Gasteiger partial charge in [0.1, 0.15) is 0 Å². The Morgan fingerprint density at radius 3 is 1.94 bits per heavy atom. The van der Waals surface area contributed by atoms with Crippen LogP contribution in [0.2, 0.25) is 0 Å². The molecule has 4 nitrogen and oxygen atoms in total. The van der Waals surface area contributed by atoms with Crippen molar-refractivity contribution in [2.24, 2.45) is 5.41 Å². The van der Waals surface area contributed by atoms with Crippen molar-refractivity contribution >= 4 is 0 Å². The summed E-state index contributed by atoms with van der Waals surface area (Å²) >= 11 is 0. The predicted molar refractivity (Wildman–Crippen MR) is 70.4 cm³/mol. The molecule has 1 heterocycles. The SMILES string of the molecule is OCC(CO)(CO)CCCCCCCC1CCO1. The molecule has 0 aromatic rings. The van der Waals surface area contributed by atoms with Crippen LogP contribution in [-0.2, 0) is 4.74 Å². The second kappa shape index (κ2) is 8.86. The summed E-state index contributed by atoms with van der Waals surface area (Å²) in [6.45, 7) is 0.521. The molecule has 3 N–H and O–H groups in total. The minimum absolute atomic E-state index is 0.140. The summed E-state index contributed by atoms with van der Waals surface area (Å²) < 4.78 is 5.36. The van der Waals surface area contributed by atoms with Crippen LogP contribution in [-0.4, -0.2) is 47.9 Å². The topological polar surface area (TPSA) is 69.9 Å². The molecule has 1 fully saturated rings. The zero-order chi connectivity index (χ0) is 13.3. The standard InChI is InChI=1S/C14H28O4/c15-10-14(11-16,12-17)8-5-3-1-2-4-6-13-7-9-18-13/h13,15-17H,1-12H2. The van der Waals surface area contributed by atoms with E-state index in [1.165, 1.54) is 32.1 Å². The van der Waals surface area contributed by atoms with Crippen LogP contribution in [0, 0.1) is 5.41 Å². The highest BCUT2D eigenvalue weighted by atomic mass is 16.5. The third kappa shape index (κ3) is 5.22. The monoisotopic (exact) mass is 260 g/mol. The Balaban J connectivity index is 1.93. The van der Waals surface area contributed by atoms with Crippen LogP contribution < -0.4 is 0 Å². The van der Waals surface area contributed by atoms with Crippen LogP contribution in [0.4, 0.5) is 0 Å². The average molecular weight is 260 g/mol. The van der Waals surface area contributed by atoms with Crippen LogP contribution in [0.5, 0.6) is 0 Å². The second-order valence-corrected chi connectivity index (χ2v) is 5.56. The fourth-order valence-electron chi connectivity index (χ4n) is 2.30. The normalized spacial score (nSPS) is 19.8. The van der Waals surface area contributed by atoms with Crippen molar-refractivity contribution in [3.63, 3.8) is 0 Å². The maximum Gasteiger partial charge on any atom is 0.0597 e. The van der Waals surface area contributed by atoms with Gasteiger partial charge in [-0.05, 0) is 19.3 Å². The third-order valence-corrected chi connectivity index (χ3v) is 4.03. The molecule has 0 bridgehead atoms. The van der Waals surface area contributed by atoms with Gasteiger partial charge in [0, 0.05) is 12.0 Å². The molecule has 0 aliphatic carbocycles. The summed E-state index contributed by atoms with van der Waals surface area (Å²) in [6, 6.07) is 0. The smallest absolute Gasteiger partial charge is 0.0597 e. The Hall–Kier alpha value is -0.160. The summed E-state index contributed by atoms with van der Waals surface area (Å²) in [5, 5.41) is 27.5. The summed E-state index contributed by atoms with van der Waals surface area (Å²) in [5.74, 6) is 0. The average Bonchev–Trinajstić information content (AvgIpc) is 2.36. The predicted octanol–water partition coefficient (Wildman–Crippen LogP) is 1.47. The van der Waals surface area contributed by atoms with E-state index in [9.17, 15) is 15.3 Å². The fraction of sp³-hybridized carbons (Fsp3) is 1.00. The molecular weight excluding hydrogens is 232 g/mol.